The van der Waals surface area contributed by atoms with E-state index >= 15 is 0 Å². The van der Waals surface area contributed by atoms with Gasteiger partial charge in [0.1, 0.15) is 17.9 Å². The molecule has 4 aromatic rings. The summed E-state index contributed by atoms with van der Waals surface area (Å²) in [6.45, 7) is 2.54. The molecule has 5 rings (SSSR count). The molecule has 3 aromatic heterocycles. The second kappa shape index (κ2) is 8.10. The Bertz CT molecular complexity index is 1210. The molecule has 1 amide bonds. The predicted octanol–water partition coefficient (Wildman–Crippen LogP) is 4.89. The molecule has 1 aliphatic carbocycles. The van der Waals surface area contributed by atoms with Crippen LogP contribution in [0.1, 0.15) is 32.6 Å². The topological polar surface area (TPSA) is 71.9 Å². The van der Waals surface area contributed by atoms with Gasteiger partial charge in [0.2, 0.25) is 5.91 Å². The predicted molar refractivity (Wildman–Crippen MR) is 123 cm³/mol. The zero-order valence-corrected chi connectivity index (χ0v) is 18.0. The maximum absolute atomic E-state index is 12.9. The van der Waals surface area contributed by atoms with Gasteiger partial charge in [-0.1, -0.05) is 19.8 Å². The molecule has 2 atom stereocenters. The highest BCUT2D eigenvalue weighted by Crippen LogP contribution is 2.34. The molecule has 6 nitrogen and oxygen atoms in total. The van der Waals surface area contributed by atoms with E-state index in [1.54, 1.807) is 13.3 Å². The molecule has 0 radical (unpaired) electrons. The number of nitrogens with one attached hydrogen (secondary N) is 2. The van der Waals surface area contributed by atoms with Crippen molar-refractivity contribution in [2.24, 2.45) is 5.92 Å². The summed E-state index contributed by atoms with van der Waals surface area (Å²) < 4.78 is 7.50. The number of nitrogens with zero attached hydrogens (tertiary/aromatic N) is 2. The Kier molecular flexibility index (Phi) is 5.14. The van der Waals surface area contributed by atoms with Crippen molar-refractivity contribution in [3.63, 3.8) is 0 Å². The van der Waals surface area contributed by atoms with Crippen molar-refractivity contribution in [3.8, 4) is 17.0 Å². The van der Waals surface area contributed by atoms with Crippen LogP contribution in [0.15, 0.2) is 48.8 Å². The lowest BCUT2D eigenvalue weighted by atomic mass is 9.86. The van der Waals surface area contributed by atoms with Gasteiger partial charge in [0.25, 0.3) is 0 Å². The first-order valence-electron chi connectivity index (χ1n) is 11.0. The highest BCUT2D eigenvalue weighted by atomic mass is 16.5. The molecule has 0 bridgehead atoms. The number of carbonyl (C=O) groups is 1. The summed E-state index contributed by atoms with van der Waals surface area (Å²) in [5.41, 5.74) is 3.87. The highest BCUT2D eigenvalue weighted by molar-refractivity contribution is 5.99. The SMILES string of the molecule is COc1ccc2c(c1)c(-c1cc3cccnc3[nH]1)cn2CC(=O)NC1CCCCC1C. The van der Waals surface area contributed by atoms with Crippen LogP contribution >= 0.6 is 0 Å². The Morgan fingerprint density at radius 2 is 2.13 bits per heavy atom. The van der Waals surface area contributed by atoms with E-state index in [4.69, 9.17) is 4.74 Å². The minimum absolute atomic E-state index is 0.0660. The van der Waals surface area contributed by atoms with Crippen LogP contribution in [-0.2, 0) is 11.3 Å². The van der Waals surface area contributed by atoms with E-state index in [0.29, 0.717) is 12.5 Å². The number of fused-ring (bicyclic) bond motifs is 2. The monoisotopic (exact) mass is 416 g/mol. The number of benzene rings is 1. The number of hydrogen-bond acceptors (Lipinski definition) is 3. The Hall–Kier alpha value is -3.28. The molecule has 1 saturated carbocycles. The van der Waals surface area contributed by atoms with E-state index in [1.807, 2.05) is 34.9 Å². The summed E-state index contributed by atoms with van der Waals surface area (Å²) in [4.78, 5) is 20.7. The van der Waals surface area contributed by atoms with Gasteiger partial charge in [0.05, 0.1) is 7.11 Å². The molecule has 31 heavy (non-hydrogen) atoms. The molecule has 160 valence electrons. The lowest BCUT2D eigenvalue weighted by Crippen LogP contribution is -2.42. The molecule has 2 unspecified atom stereocenters. The normalized spacial score (nSPS) is 19.0. The van der Waals surface area contributed by atoms with Crippen molar-refractivity contribution < 1.29 is 9.53 Å². The number of hydrogen-bond donors (Lipinski definition) is 2. The lowest BCUT2D eigenvalue weighted by Gasteiger charge is -2.29. The van der Waals surface area contributed by atoms with Crippen molar-refractivity contribution in [1.29, 1.82) is 0 Å². The van der Waals surface area contributed by atoms with Gasteiger partial charge in [-0.3, -0.25) is 4.79 Å². The average molecular weight is 417 g/mol. The van der Waals surface area contributed by atoms with Gasteiger partial charge < -0.3 is 19.6 Å². The van der Waals surface area contributed by atoms with Crippen LogP contribution in [0.25, 0.3) is 33.2 Å². The third kappa shape index (κ3) is 3.78. The average Bonchev–Trinajstić information content (AvgIpc) is 3.36. The number of methoxy groups -OCH3 is 1. The van der Waals surface area contributed by atoms with Crippen molar-refractivity contribution in [1.82, 2.24) is 19.9 Å². The number of pyridine rings is 1. The lowest BCUT2D eigenvalue weighted by molar-refractivity contribution is -0.122. The number of amides is 1. The zero-order valence-electron chi connectivity index (χ0n) is 18.0. The smallest absolute Gasteiger partial charge is 0.240 e. The summed E-state index contributed by atoms with van der Waals surface area (Å²) in [6, 6.07) is 12.4. The summed E-state index contributed by atoms with van der Waals surface area (Å²) in [5.74, 6) is 1.40. The number of ether oxygens (including phenoxy) is 1. The maximum Gasteiger partial charge on any atom is 0.240 e. The fraction of sp³-hybridized carbons (Fsp3) is 0.360. The minimum atomic E-state index is 0.0660. The number of carbonyl (C=O) groups excluding carboxylic acids is 1. The standard InChI is InChI=1S/C25H28N4O2/c1-16-6-3-4-8-21(16)27-24(30)15-29-14-20(19-13-18(31-2)9-10-23(19)29)22-12-17-7-5-11-26-25(17)28-22/h5,7,9-14,16,21H,3-4,6,8,15H2,1-2H3,(H,26,28)(H,27,30). The Morgan fingerprint density at radius 3 is 2.94 bits per heavy atom. The van der Waals surface area contributed by atoms with Crippen LogP contribution in [0.5, 0.6) is 5.75 Å². The van der Waals surface area contributed by atoms with Crippen LogP contribution in [0.4, 0.5) is 0 Å². The Morgan fingerprint density at radius 1 is 1.26 bits per heavy atom. The second-order valence-corrected chi connectivity index (χ2v) is 8.61. The van der Waals surface area contributed by atoms with Gasteiger partial charge in [-0.2, -0.15) is 0 Å². The van der Waals surface area contributed by atoms with Gasteiger partial charge in [-0.05, 0) is 55.2 Å². The number of rotatable bonds is 5. The van der Waals surface area contributed by atoms with E-state index in [-0.39, 0.29) is 11.9 Å². The van der Waals surface area contributed by atoms with E-state index < -0.39 is 0 Å². The van der Waals surface area contributed by atoms with E-state index in [2.05, 4.69) is 34.5 Å². The quantitative estimate of drug-likeness (QED) is 0.487. The van der Waals surface area contributed by atoms with Crippen LogP contribution in [0.3, 0.4) is 0 Å². The van der Waals surface area contributed by atoms with Crippen LogP contribution in [0.2, 0.25) is 0 Å². The molecular formula is C25H28N4O2. The van der Waals surface area contributed by atoms with Crippen LogP contribution < -0.4 is 10.1 Å². The molecular weight excluding hydrogens is 388 g/mol. The minimum Gasteiger partial charge on any atom is -0.497 e. The Balaban J connectivity index is 1.50. The molecule has 0 saturated heterocycles. The van der Waals surface area contributed by atoms with Crippen LogP contribution in [0, 0.1) is 5.92 Å². The van der Waals surface area contributed by atoms with Crippen molar-refractivity contribution in [2.45, 2.75) is 45.2 Å². The summed E-state index contributed by atoms with van der Waals surface area (Å²) in [6.07, 6.45) is 8.56. The van der Waals surface area contributed by atoms with Crippen LogP contribution in [-0.4, -0.2) is 33.6 Å². The fourth-order valence-electron chi connectivity index (χ4n) is 4.79. The summed E-state index contributed by atoms with van der Waals surface area (Å²) in [5, 5.41) is 5.38. The Labute approximate surface area is 181 Å². The van der Waals surface area contributed by atoms with Gasteiger partial charge >= 0.3 is 0 Å². The number of aromatic amines is 1. The first kappa shape index (κ1) is 19.7. The summed E-state index contributed by atoms with van der Waals surface area (Å²) >= 11 is 0. The van der Waals surface area contributed by atoms with Crippen molar-refractivity contribution in [2.75, 3.05) is 7.11 Å². The molecule has 3 heterocycles. The van der Waals surface area contributed by atoms with Gasteiger partial charge in [-0.25, -0.2) is 4.98 Å². The fourth-order valence-corrected chi connectivity index (χ4v) is 4.79. The zero-order chi connectivity index (χ0) is 21.4. The van der Waals surface area contributed by atoms with Crippen molar-refractivity contribution in [3.05, 3.63) is 48.8 Å². The maximum atomic E-state index is 12.9. The van der Waals surface area contributed by atoms with E-state index in [9.17, 15) is 4.79 Å². The first-order chi connectivity index (χ1) is 15.1. The molecule has 6 heteroatoms. The second-order valence-electron chi connectivity index (χ2n) is 8.61. The van der Waals surface area contributed by atoms with E-state index in [0.717, 1.165) is 45.4 Å². The molecule has 1 fully saturated rings. The number of H-pyrrole nitrogens is 1. The third-order valence-electron chi connectivity index (χ3n) is 6.54. The molecule has 0 spiro atoms. The largest absolute Gasteiger partial charge is 0.497 e. The first-order valence-corrected chi connectivity index (χ1v) is 11.0. The molecule has 1 aliphatic rings. The highest BCUT2D eigenvalue weighted by Gasteiger charge is 2.23. The number of aromatic nitrogens is 3. The van der Waals surface area contributed by atoms with Gasteiger partial charge in [0, 0.05) is 46.0 Å². The summed E-state index contributed by atoms with van der Waals surface area (Å²) in [7, 11) is 1.67. The molecule has 0 aliphatic heterocycles. The van der Waals surface area contributed by atoms with Gasteiger partial charge in [-0.15, -0.1) is 0 Å². The van der Waals surface area contributed by atoms with Crippen molar-refractivity contribution >= 4 is 27.8 Å². The van der Waals surface area contributed by atoms with Gasteiger partial charge in [0.15, 0.2) is 0 Å². The molecule has 1 aromatic carbocycles. The molecule has 2 N–H and O–H groups in total. The third-order valence-corrected chi connectivity index (χ3v) is 6.54. The van der Waals surface area contributed by atoms with E-state index in [1.165, 1.54) is 19.3 Å².